The summed E-state index contributed by atoms with van der Waals surface area (Å²) < 4.78 is 23.1. The summed E-state index contributed by atoms with van der Waals surface area (Å²) in [7, 11) is -1.45. The number of aryl methyl sites for hydroxylation is 2. The van der Waals surface area contributed by atoms with Crippen LogP contribution in [0.3, 0.4) is 0 Å². The topological polar surface area (TPSA) is 78.0 Å². The minimum atomic E-state index is -3.32. The molecule has 0 spiro atoms. The molecule has 0 radical (unpaired) electrons. The summed E-state index contributed by atoms with van der Waals surface area (Å²) in [5, 5.41) is 4.86. The van der Waals surface area contributed by atoms with Crippen molar-refractivity contribution in [1.82, 2.24) is 9.55 Å². The lowest BCUT2D eigenvalue weighted by Gasteiger charge is -2.00. The van der Waals surface area contributed by atoms with Gasteiger partial charge < -0.3 is 4.57 Å². The Bertz CT molecular complexity index is 369. The molecule has 74 valence electrons. The van der Waals surface area contributed by atoms with E-state index in [1.54, 1.807) is 12.5 Å². The molecule has 0 atom stereocenters. The van der Waals surface area contributed by atoms with Crippen molar-refractivity contribution in [1.29, 1.82) is 0 Å². The lowest BCUT2D eigenvalue weighted by Crippen LogP contribution is -2.17. The molecule has 0 aliphatic carbocycles. The van der Waals surface area contributed by atoms with Crippen LogP contribution in [0.1, 0.15) is 12.1 Å². The summed E-state index contributed by atoms with van der Waals surface area (Å²) in [4.78, 5) is 3.92. The van der Waals surface area contributed by atoms with Gasteiger partial charge in [0.1, 0.15) is 0 Å². The Balaban J connectivity index is 2.41. The number of nitrogens with zero attached hydrogens (tertiary/aromatic N) is 2. The molecular formula is C7H13N3O2S. The number of primary sulfonamides is 1. The van der Waals surface area contributed by atoms with Gasteiger partial charge in [-0.2, -0.15) is 0 Å². The Morgan fingerprint density at radius 1 is 1.62 bits per heavy atom. The van der Waals surface area contributed by atoms with Gasteiger partial charge in [0.2, 0.25) is 10.0 Å². The van der Waals surface area contributed by atoms with Crippen LogP contribution in [0.2, 0.25) is 0 Å². The second-order valence-electron chi connectivity index (χ2n) is 2.97. The van der Waals surface area contributed by atoms with Gasteiger partial charge in [0.05, 0.1) is 12.1 Å². The molecule has 6 heteroatoms. The van der Waals surface area contributed by atoms with Crippen LogP contribution in [0.25, 0.3) is 0 Å². The number of nitrogens with two attached hydrogens (primary N) is 1. The third-order valence-electron chi connectivity index (χ3n) is 1.78. The zero-order chi connectivity index (χ0) is 9.90. The fraction of sp³-hybridized carbons (Fsp3) is 0.571. The zero-order valence-corrected chi connectivity index (χ0v) is 8.29. The van der Waals surface area contributed by atoms with Crippen molar-refractivity contribution in [3.8, 4) is 0 Å². The van der Waals surface area contributed by atoms with Gasteiger partial charge in [0.15, 0.2) is 0 Å². The van der Waals surface area contributed by atoms with E-state index in [2.05, 4.69) is 4.98 Å². The molecule has 0 aromatic carbocycles. The normalized spacial score (nSPS) is 11.8. The van der Waals surface area contributed by atoms with E-state index in [1.165, 1.54) is 0 Å². The van der Waals surface area contributed by atoms with Gasteiger partial charge in [0, 0.05) is 18.9 Å². The molecule has 13 heavy (non-hydrogen) atoms. The van der Waals surface area contributed by atoms with Gasteiger partial charge in [-0.25, -0.2) is 18.5 Å². The Morgan fingerprint density at radius 2 is 2.31 bits per heavy atom. The maximum absolute atomic E-state index is 10.6. The fourth-order valence-electron chi connectivity index (χ4n) is 1.08. The Morgan fingerprint density at radius 3 is 2.77 bits per heavy atom. The van der Waals surface area contributed by atoms with E-state index >= 15 is 0 Å². The molecule has 2 N–H and O–H groups in total. The molecule has 0 fully saturated rings. The van der Waals surface area contributed by atoms with Crippen LogP contribution >= 0.6 is 0 Å². The first kappa shape index (κ1) is 10.2. The highest BCUT2D eigenvalue weighted by Gasteiger charge is 2.03. The van der Waals surface area contributed by atoms with Crippen molar-refractivity contribution in [3.05, 3.63) is 18.2 Å². The monoisotopic (exact) mass is 203 g/mol. The largest absolute Gasteiger partial charge is 0.338 e. The maximum atomic E-state index is 10.6. The summed E-state index contributed by atoms with van der Waals surface area (Å²) in [6.45, 7) is 0. The number of rotatable bonds is 4. The number of hydrogen-bond acceptors (Lipinski definition) is 3. The SMILES string of the molecule is Cn1cncc1CCCS(N)(=O)=O. The van der Waals surface area contributed by atoms with Crippen molar-refractivity contribution < 1.29 is 8.42 Å². The molecule has 0 saturated heterocycles. The number of sulfonamides is 1. The molecule has 0 aliphatic heterocycles. The summed E-state index contributed by atoms with van der Waals surface area (Å²) in [5.41, 5.74) is 1.02. The van der Waals surface area contributed by atoms with E-state index in [1.807, 2.05) is 11.6 Å². The molecular weight excluding hydrogens is 190 g/mol. The zero-order valence-electron chi connectivity index (χ0n) is 7.47. The summed E-state index contributed by atoms with van der Waals surface area (Å²) >= 11 is 0. The highest BCUT2D eigenvalue weighted by atomic mass is 32.2. The predicted molar refractivity (Wildman–Crippen MR) is 49.5 cm³/mol. The van der Waals surface area contributed by atoms with E-state index in [4.69, 9.17) is 5.14 Å². The van der Waals surface area contributed by atoms with Gasteiger partial charge in [-0.1, -0.05) is 0 Å². The quantitative estimate of drug-likeness (QED) is 0.726. The highest BCUT2D eigenvalue weighted by Crippen LogP contribution is 2.01. The third-order valence-corrected chi connectivity index (χ3v) is 2.64. The molecule has 0 saturated carbocycles. The smallest absolute Gasteiger partial charge is 0.209 e. The average Bonchev–Trinajstić information content (AvgIpc) is 2.34. The van der Waals surface area contributed by atoms with Crippen molar-refractivity contribution in [2.24, 2.45) is 12.2 Å². The molecule has 1 aromatic rings. The van der Waals surface area contributed by atoms with Gasteiger partial charge in [-0.15, -0.1) is 0 Å². The summed E-state index contributed by atoms with van der Waals surface area (Å²) in [5.74, 6) is 0.0260. The minimum Gasteiger partial charge on any atom is -0.338 e. The standard InChI is InChI=1S/C7H13N3O2S/c1-10-6-9-5-7(10)3-2-4-13(8,11)12/h5-6H,2-4H2,1H3,(H2,8,11,12). The summed E-state index contributed by atoms with van der Waals surface area (Å²) in [6.07, 6.45) is 4.64. The molecule has 1 heterocycles. The summed E-state index contributed by atoms with van der Waals surface area (Å²) in [6, 6.07) is 0. The van der Waals surface area contributed by atoms with Crippen LogP contribution in [0.5, 0.6) is 0 Å². The fourth-order valence-corrected chi connectivity index (χ4v) is 1.63. The second-order valence-corrected chi connectivity index (χ2v) is 4.70. The first-order valence-corrected chi connectivity index (χ1v) is 5.66. The molecule has 0 unspecified atom stereocenters. The first-order valence-electron chi connectivity index (χ1n) is 3.95. The van der Waals surface area contributed by atoms with Gasteiger partial charge >= 0.3 is 0 Å². The number of aromatic nitrogens is 2. The Kier molecular flexibility index (Phi) is 3.05. The maximum Gasteiger partial charge on any atom is 0.209 e. The Hall–Kier alpha value is -0.880. The van der Waals surface area contributed by atoms with E-state index in [-0.39, 0.29) is 5.75 Å². The molecule has 5 nitrogen and oxygen atoms in total. The van der Waals surface area contributed by atoms with Crippen LogP contribution in [0.4, 0.5) is 0 Å². The van der Waals surface area contributed by atoms with Crippen molar-refractivity contribution in [2.45, 2.75) is 12.8 Å². The first-order chi connectivity index (χ1) is 5.99. The van der Waals surface area contributed by atoms with Gasteiger partial charge in [-0.3, -0.25) is 0 Å². The van der Waals surface area contributed by atoms with Crippen LogP contribution in [-0.4, -0.2) is 23.7 Å². The molecule has 1 rings (SSSR count). The van der Waals surface area contributed by atoms with Crippen molar-refractivity contribution in [2.75, 3.05) is 5.75 Å². The number of imidazole rings is 1. The lowest BCUT2D eigenvalue weighted by molar-refractivity contribution is 0.594. The predicted octanol–water partition coefficient (Wildman–Crippen LogP) is -0.359. The molecule has 0 bridgehead atoms. The van der Waals surface area contributed by atoms with Crippen molar-refractivity contribution in [3.63, 3.8) is 0 Å². The van der Waals surface area contributed by atoms with Gasteiger partial charge in [0.25, 0.3) is 0 Å². The Labute approximate surface area is 77.6 Å². The molecule has 0 amide bonds. The van der Waals surface area contributed by atoms with Crippen LogP contribution in [0, 0.1) is 0 Å². The number of hydrogen-bond donors (Lipinski definition) is 1. The minimum absolute atomic E-state index is 0.0260. The van der Waals surface area contributed by atoms with E-state index in [9.17, 15) is 8.42 Å². The highest BCUT2D eigenvalue weighted by molar-refractivity contribution is 7.89. The second kappa shape index (κ2) is 3.89. The van der Waals surface area contributed by atoms with Crippen LogP contribution in [-0.2, 0) is 23.5 Å². The lowest BCUT2D eigenvalue weighted by atomic mass is 10.3. The average molecular weight is 203 g/mol. The van der Waals surface area contributed by atoms with E-state index in [0.29, 0.717) is 12.8 Å². The van der Waals surface area contributed by atoms with E-state index < -0.39 is 10.0 Å². The van der Waals surface area contributed by atoms with Gasteiger partial charge in [-0.05, 0) is 12.8 Å². The van der Waals surface area contributed by atoms with Crippen LogP contribution in [0.15, 0.2) is 12.5 Å². The van der Waals surface area contributed by atoms with E-state index in [0.717, 1.165) is 5.69 Å². The van der Waals surface area contributed by atoms with Crippen molar-refractivity contribution >= 4 is 10.0 Å². The van der Waals surface area contributed by atoms with Crippen LogP contribution < -0.4 is 5.14 Å². The molecule has 1 aromatic heterocycles. The molecule has 0 aliphatic rings. The third kappa shape index (κ3) is 3.56.